The molecule has 1 amide bonds. The molecular weight excluding hydrogens is 427 g/mol. The van der Waals surface area contributed by atoms with Crippen molar-refractivity contribution in [2.24, 2.45) is 0 Å². The molecular formula is C23H15ClF3N3O. The van der Waals surface area contributed by atoms with E-state index in [2.05, 4.69) is 10.3 Å². The zero-order chi connectivity index (χ0) is 22.0. The van der Waals surface area contributed by atoms with E-state index in [1.807, 2.05) is 48.5 Å². The molecule has 0 aliphatic heterocycles. The van der Waals surface area contributed by atoms with E-state index in [4.69, 9.17) is 11.6 Å². The lowest BCUT2D eigenvalue weighted by Crippen LogP contribution is -2.17. The van der Waals surface area contributed by atoms with Crippen molar-refractivity contribution in [2.45, 2.75) is 6.18 Å². The summed E-state index contributed by atoms with van der Waals surface area (Å²) < 4.78 is 40.0. The smallest absolute Gasteiger partial charge is 0.321 e. The summed E-state index contributed by atoms with van der Waals surface area (Å²) in [7, 11) is 0. The number of rotatable bonds is 4. The number of hydrogen-bond donors (Lipinski definition) is 1. The molecule has 0 bridgehead atoms. The summed E-state index contributed by atoms with van der Waals surface area (Å²) >= 11 is 6.04. The third-order valence-corrected chi connectivity index (χ3v) is 4.86. The third-order valence-electron chi connectivity index (χ3n) is 4.59. The molecule has 2 heterocycles. The van der Waals surface area contributed by atoms with Crippen LogP contribution in [0.4, 0.5) is 18.9 Å². The molecule has 1 N–H and O–H groups in total. The van der Waals surface area contributed by atoms with Gasteiger partial charge in [0.2, 0.25) is 0 Å². The number of amides is 1. The Labute approximate surface area is 180 Å². The number of anilines is 1. The van der Waals surface area contributed by atoms with E-state index in [1.165, 1.54) is 16.8 Å². The van der Waals surface area contributed by atoms with Crippen molar-refractivity contribution >= 4 is 23.2 Å². The van der Waals surface area contributed by atoms with Crippen LogP contribution in [0.2, 0.25) is 5.02 Å². The van der Waals surface area contributed by atoms with Gasteiger partial charge in [-0.2, -0.15) is 13.2 Å². The summed E-state index contributed by atoms with van der Waals surface area (Å²) in [5.74, 6) is -0.421. The van der Waals surface area contributed by atoms with Crippen molar-refractivity contribution in [1.29, 1.82) is 0 Å². The molecule has 4 aromatic rings. The highest BCUT2D eigenvalue weighted by Crippen LogP contribution is 2.32. The number of nitrogens with zero attached hydrogens (tertiary/aromatic N) is 2. The molecule has 156 valence electrons. The molecule has 4 nitrogen and oxygen atoms in total. The largest absolute Gasteiger partial charge is 0.417 e. The van der Waals surface area contributed by atoms with Crippen molar-refractivity contribution in [3.63, 3.8) is 0 Å². The lowest BCUT2D eigenvalue weighted by atomic mass is 10.1. The number of benzene rings is 2. The van der Waals surface area contributed by atoms with E-state index >= 15 is 0 Å². The van der Waals surface area contributed by atoms with Gasteiger partial charge in [-0.25, -0.2) is 4.98 Å². The Morgan fingerprint density at radius 3 is 2.39 bits per heavy atom. The zero-order valence-electron chi connectivity index (χ0n) is 15.9. The fourth-order valence-electron chi connectivity index (χ4n) is 3.12. The van der Waals surface area contributed by atoms with E-state index in [0.29, 0.717) is 11.9 Å². The van der Waals surface area contributed by atoms with Crippen molar-refractivity contribution in [1.82, 2.24) is 9.55 Å². The summed E-state index contributed by atoms with van der Waals surface area (Å²) in [5.41, 5.74) is 1.73. The minimum Gasteiger partial charge on any atom is -0.321 e. The predicted octanol–water partition coefficient (Wildman–Crippen LogP) is 6.46. The van der Waals surface area contributed by atoms with Gasteiger partial charge in [-0.05, 0) is 41.5 Å². The molecule has 0 spiro atoms. The van der Waals surface area contributed by atoms with Gasteiger partial charge in [0.25, 0.3) is 5.91 Å². The molecule has 0 saturated carbocycles. The van der Waals surface area contributed by atoms with Crippen LogP contribution in [0.1, 0.15) is 16.1 Å². The molecule has 2 aromatic carbocycles. The van der Waals surface area contributed by atoms with Crippen LogP contribution in [0.5, 0.6) is 0 Å². The Balaban J connectivity index is 1.61. The van der Waals surface area contributed by atoms with Crippen LogP contribution in [0.25, 0.3) is 16.9 Å². The van der Waals surface area contributed by atoms with E-state index in [0.717, 1.165) is 17.2 Å². The molecule has 4 rings (SSSR count). The first-order valence-corrected chi connectivity index (χ1v) is 9.58. The SMILES string of the molecule is O=C(Nc1cccc(-c2ccccc2)c1)c1cccn1-c1ncc(C(F)(F)F)cc1Cl. The maximum atomic E-state index is 12.9. The number of aromatic nitrogens is 2. The fraction of sp³-hybridized carbons (Fsp3) is 0.0435. The van der Waals surface area contributed by atoms with Gasteiger partial charge < -0.3 is 5.32 Å². The van der Waals surface area contributed by atoms with Gasteiger partial charge in [-0.15, -0.1) is 0 Å². The highest BCUT2D eigenvalue weighted by molar-refractivity contribution is 6.32. The first-order chi connectivity index (χ1) is 14.8. The number of nitrogens with one attached hydrogen (secondary N) is 1. The predicted molar refractivity (Wildman–Crippen MR) is 113 cm³/mol. The summed E-state index contributed by atoms with van der Waals surface area (Å²) in [6, 6.07) is 20.9. The first kappa shape index (κ1) is 20.7. The van der Waals surface area contributed by atoms with Crippen molar-refractivity contribution in [3.8, 4) is 16.9 Å². The van der Waals surface area contributed by atoms with Crippen LogP contribution in [-0.2, 0) is 6.18 Å². The molecule has 0 atom stereocenters. The highest BCUT2D eigenvalue weighted by Gasteiger charge is 2.32. The molecule has 2 aromatic heterocycles. The van der Waals surface area contributed by atoms with E-state index in [1.54, 1.807) is 12.1 Å². The Hall–Kier alpha value is -3.58. The molecule has 0 aliphatic rings. The summed E-state index contributed by atoms with van der Waals surface area (Å²) in [6.07, 6.45) is -2.36. The van der Waals surface area contributed by atoms with Gasteiger partial charge in [0.1, 0.15) is 5.69 Å². The minimum atomic E-state index is -4.56. The molecule has 0 aliphatic carbocycles. The maximum absolute atomic E-state index is 12.9. The van der Waals surface area contributed by atoms with Gasteiger partial charge in [0.15, 0.2) is 5.82 Å². The van der Waals surface area contributed by atoms with Crippen LogP contribution >= 0.6 is 11.6 Å². The Bertz CT molecular complexity index is 1240. The average molecular weight is 442 g/mol. The van der Waals surface area contributed by atoms with Crippen molar-refractivity contribution in [2.75, 3.05) is 5.32 Å². The Morgan fingerprint density at radius 2 is 1.68 bits per heavy atom. The second-order valence-electron chi connectivity index (χ2n) is 6.69. The van der Waals surface area contributed by atoms with Crippen LogP contribution in [-0.4, -0.2) is 15.5 Å². The fourth-order valence-corrected chi connectivity index (χ4v) is 3.37. The third kappa shape index (κ3) is 4.46. The minimum absolute atomic E-state index is 0.0304. The summed E-state index contributed by atoms with van der Waals surface area (Å²) in [6.45, 7) is 0. The van der Waals surface area contributed by atoms with E-state index in [9.17, 15) is 18.0 Å². The lowest BCUT2D eigenvalue weighted by molar-refractivity contribution is -0.137. The maximum Gasteiger partial charge on any atom is 0.417 e. The lowest BCUT2D eigenvalue weighted by Gasteiger charge is -2.13. The number of pyridine rings is 1. The molecule has 0 saturated heterocycles. The zero-order valence-corrected chi connectivity index (χ0v) is 16.7. The molecule has 0 radical (unpaired) electrons. The van der Waals surface area contributed by atoms with Gasteiger partial charge in [0.05, 0.1) is 10.6 Å². The van der Waals surface area contributed by atoms with Crippen molar-refractivity contribution in [3.05, 3.63) is 101 Å². The van der Waals surface area contributed by atoms with Crippen molar-refractivity contribution < 1.29 is 18.0 Å². The number of carbonyl (C=O) groups excluding carboxylic acids is 1. The number of alkyl halides is 3. The second-order valence-corrected chi connectivity index (χ2v) is 7.10. The number of halogens is 4. The normalized spacial score (nSPS) is 11.4. The van der Waals surface area contributed by atoms with Crippen LogP contribution in [0.15, 0.2) is 85.2 Å². The van der Waals surface area contributed by atoms with Gasteiger partial charge >= 0.3 is 6.18 Å². The average Bonchev–Trinajstić information content (AvgIpc) is 3.23. The monoisotopic (exact) mass is 441 g/mol. The number of carbonyl (C=O) groups is 1. The molecule has 0 fully saturated rings. The summed E-state index contributed by atoms with van der Waals surface area (Å²) in [4.78, 5) is 16.7. The molecule has 0 unspecified atom stereocenters. The van der Waals surface area contributed by atoms with Gasteiger partial charge in [0, 0.05) is 18.1 Å². The van der Waals surface area contributed by atoms with E-state index < -0.39 is 17.6 Å². The Kier molecular flexibility index (Phi) is 5.52. The standard InChI is InChI=1S/C23H15ClF3N3O/c24-19-13-17(23(25,26)27)14-28-21(19)30-11-5-10-20(30)22(31)29-18-9-4-8-16(12-18)15-6-2-1-3-7-15/h1-14H,(H,29,31). The van der Waals surface area contributed by atoms with Crippen LogP contribution < -0.4 is 5.32 Å². The topological polar surface area (TPSA) is 46.9 Å². The Morgan fingerprint density at radius 1 is 0.935 bits per heavy atom. The molecule has 31 heavy (non-hydrogen) atoms. The highest BCUT2D eigenvalue weighted by atomic mass is 35.5. The van der Waals surface area contributed by atoms with Gasteiger partial charge in [-0.1, -0.05) is 54.1 Å². The summed E-state index contributed by atoms with van der Waals surface area (Å²) in [5, 5.41) is 2.59. The first-order valence-electron chi connectivity index (χ1n) is 9.20. The second kappa shape index (κ2) is 8.28. The van der Waals surface area contributed by atoms with Gasteiger partial charge in [-0.3, -0.25) is 9.36 Å². The quantitative estimate of drug-likeness (QED) is 0.395. The van der Waals surface area contributed by atoms with Crippen LogP contribution in [0.3, 0.4) is 0 Å². The number of hydrogen-bond acceptors (Lipinski definition) is 2. The molecule has 8 heteroatoms. The van der Waals surface area contributed by atoms with E-state index in [-0.39, 0.29) is 16.5 Å². The van der Waals surface area contributed by atoms with Crippen LogP contribution in [0, 0.1) is 0 Å².